The zero-order chi connectivity index (χ0) is 27.1. The second-order valence-corrected chi connectivity index (χ2v) is 11.2. The first-order valence-corrected chi connectivity index (χ1v) is 13.4. The number of likely N-dealkylation sites (tertiary alicyclic amines) is 1. The van der Waals surface area contributed by atoms with Crippen molar-refractivity contribution >= 4 is 17.5 Å². The van der Waals surface area contributed by atoms with E-state index in [4.69, 9.17) is 22.1 Å². The molecule has 3 heterocycles. The van der Waals surface area contributed by atoms with Gasteiger partial charge in [-0.25, -0.2) is 0 Å². The molecule has 200 valence electrons. The lowest BCUT2D eigenvalue weighted by Gasteiger charge is -2.38. The van der Waals surface area contributed by atoms with Gasteiger partial charge in [-0.15, -0.1) is 0 Å². The predicted octanol–water partition coefficient (Wildman–Crippen LogP) is 4.18. The summed E-state index contributed by atoms with van der Waals surface area (Å²) in [5.74, 6) is -0.180. The number of methoxy groups -OCH3 is 1. The van der Waals surface area contributed by atoms with Gasteiger partial charge in [0, 0.05) is 47.6 Å². The summed E-state index contributed by atoms with van der Waals surface area (Å²) in [6.45, 7) is 6.20. The van der Waals surface area contributed by atoms with Gasteiger partial charge in [0.15, 0.2) is 5.72 Å². The average Bonchev–Trinajstić information content (AvgIpc) is 3.14. The fourth-order valence-electron chi connectivity index (χ4n) is 5.69. The van der Waals surface area contributed by atoms with Crippen molar-refractivity contribution in [2.75, 3.05) is 26.7 Å². The van der Waals surface area contributed by atoms with E-state index in [-0.39, 0.29) is 18.5 Å². The number of carbonyl (C=O) groups excluding carboxylic acids is 1. The molecule has 2 aliphatic heterocycles. The van der Waals surface area contributed by atoms with Crippen LogP contribution in [0.1, 0.15) is 58.1 Å². The van der Waals surface area contributed by atoms with Crippen LogP contribution in [0.4, 0.5) is 0 Å². The first kappa shape index (κ1) is 26.8. The Morgan fingerprint density at radius 3 is 2.50 bits per heavy atom. The molecule has 3 aromatic rings. The largest absolute Gasteiger partial charge is 0.384 e. The van der Waals surface area contributed by atoms with Gasteiger partial charge < -0.3 is 20.5 Å². The SMILES string of the molecule is CO[C@]1(c2ccc(Cl)cc2)c2ccc(C(C)(O)CN3CCC(N)CC3)cc2C(=O)N1Cc1ccc(C)cn1. The van der Waals surface area contributed by atoms with Crippen LogP contribution in [0.5, 0.6) is 0 Å². The van der Waals surface area contributed by atoms with E-state index in [2.05, 4.69) is 9.88 Å². The number of pyridine rings is 1. The van der Waals surface area contributed by atoms with Gasteiger partial charge in [0.05, 0.1) is 17.8 Å². The van der Waals surface area contributed by atoms with E-state index in [9.17, 15) is 9.90 Å². The Morgan fingerprint density at radius 1 is 1.16 bits per heavy atom. The van der Waals surface area contributed by atoms with E-state index in [0.29, 0.717) is 22.7 Å². The number of fused-ring (bicyclic) bond motifs is 1. The number of amides is 1. The van der Waals surface area contributed by atoms with Gasteiger partial charge in [-0.3, -0.25) is 14.7 Å². The van der Waals surface area contributed by atoms with Gasteiger partial charge in [-0.2, -0.15) is 0 Å². The summed E-state index contributed by atoms with van der Waals surface area (Å²) in [5.41, 5.74) is 8.26. The molecule has 1 saturated heterocycles. The number of rotatable bonds is 7. The number of halogens is 1. The van der Waals surface area contributed by atoms with Crippen LogP contribution >= 0.6 is 11.6 Å². The predicted molar refractivity (Wildman–Crippen MR) is 148 cm³/mol. The number of β-amino-alcohol motifs (C(OH)–C–C–N with tert-alkyl or cyclic N) is 1. The topological polar surface area (TPSA) is 91.9 Å². The summed E-state index contributed by atoms with van der Waals surface area (Å²) >= 11 is 6.21. The van der Waals surface area contributed by atoms with Crippen LogP contribution in [0.3, 0.4) is 0 Å². The Bertz CT molecular complexity index is 1300. The van der Waals surface area contributed by atoms with E-state index in [1.807, 2.05) is 49.4 Å². The normalized spacial score (nSPS) is 21.9. The van der Waals surface area contributed by atoms with E-state index >= 15 is 0 Å². The minimum atomic E-state index is -1.17. The number of aryl methyl sites for hydroxylation is 1. The number of nitrogens with zero attached hydrogens (tertiary/aromatic N) is 3. The molecule has 1 unspecified atom stereocenters. The third-order valence-electron chi connectivity index (χ3n) is 7.85. The van der Waals surface area contributed by atoms with Crippen LogP contribution in [0.15, 0.2) is 60.8 Å². The molecule has 3 N–H and O–H groups in total. The summed E-state index contributed by atoms with van der Waals surface area (Å²) in [7, 11) is 1.61. The molecule has 2 aliphatic rings. The minimum absolute atomic E-state index is 0.180. The van der Waals surface area contributed by atoms with E-state index in [1.54, 1.807) is 37.3 Å². The number of aromatic nitrogens is 1. The quantitative estimate of drug-likeness (QED) is 0.472. The van der Waals surface area contributed by atoms with Crippen LogP contribution in [-0.4, -0.2) is 58.6 Å². The molecule has 7 nitrogen and oxygen atoms in total. The molecule has 8 heteroatoms. The molecule has 1 aromatic heterocycles. The molecule has 0 spiro atoms. The molecule has 1 fully saturated rings. The number of aliphatic hydroxyl groups is 1. The van der Waals surface area contributed by atoms with Gasteiger partial charge in [-0.05, 0) is 75.2 Å². The van der Waals surface area contributed by atoms with E-state index in [0.717, 1.165) is 48.3 Å². The lowest BCUT2D eigenvalue weighted by atomic mass is 9.88. The highest BCUT2D eigenvalue weighted by molar-refractivity contribution is 6.30. The lowest BCUT2D eigenvalue weighted by molar-refractivity contribution is -0.0868. The fraction of sp³-hybridized carbons (Fsp3) is 0.400. The van der Waals surface area contributed by atoms with Gasteiger partial charge >= 0.3 is 0 Å². The van der Waals surface area contributed by atoms with Crippen LogP contribution in [0.25, 0.3) is 0 Å². The number of carbonyl (C=O) groups is 1. The van der Waals surface area contributed by atoms with Crippen LogP contribution in [-0.2, 0) is 22.6 Å². The van der Waals surface area contributed by atoms with Crippen LogP contribution < -0.4 is 5.73 Å². The van der Waals surface area contributed by atoms with Crippen molar-refractivity contribution in [2.24, 2.45) is 5.73 Å². The van der Waals surface area contributed by atoms with Crippen molar-refractivity contribution in [1.29, 1.82) is 0 Å². The van der Waals surface area contributed by atoms with Gasteiger partial charge in [0.25, 0.3) is 5.91 Å². The molecule has 5 rings (SSSR count). The van der Waals surface area contributed by atoms with Crippen molar-refractivity contribution in [2.45, 2.75) is 50.6 Å². The Labute approximate surface area is 229 Å². The van der Waals surface area contributed by atoms with Gasteiger partial charge in [0.1, 0.15) is 0 Å². The monoisotopic (exact) mass is 534 g/mol. The smallest absolute Gasteiger partial charge is 0.257 e. The summed E-state index contributed by atoms with van der Waals surface area (Å²) in [5, 5.41) is 12.1. The summed E-state index contributed by atoms with van der Waals surface area (Å²) < 4.78 is 6.24. The number of ether oxygens (including phenoxy) is 1. The maximum atomic E-state index is 14.1. The van der Waals surface area contributed by atoms with Crippen molar-refractivity contribution in [3.8, 4) is 0 Å². The van der Waals surface area contributed by atoms with E-state index < -0.39 is 11.3 Å². The molecule has 0 radical (unpaired) electrons. The molecule has 2 atom stereocenters. The van der Waals surface area contributed by atoms with Crippen molar-refractivity contribution in [1.82, 2.24) is 14.8 Å². The fourth-order valence-corrected chi connectivity index (χ4v) is 5.81. The minimum Gasteiger partial charge on any atom is -0.384 e. The van der Waals surface area contributed by atoms with E-state index in [1.165, 1.54) is 0 Å². The molecule has 2 aromatic carbocycles. The Morgan fingerprint density at radius 2 is 1.87 bits per heavy atom. The third-order valence-corrected chi connectivity index (χ3v) is 8.10. The second-order valence-electron chi connectivity index (χ2n) is 10.7. The number of nitrogens with two attached hydrogens (primary N) is 1. The highest BCUT2D eigenvalue weighted by Gasteiger charge is 2.52. The maximum Gasteiger partial charge on any atom is 0.257 e. The molecule has 38 heavy (non-hydrogen) atoms. The zero-order valence-electron chi connectivity index (χ0n) is 22.2. The molecular formula is C30H35ClN4O3. The number of piperidine rings is 1. The number of hydrogen-bond acceptors (Lipinski definition) is 6. The first-order chi connectivity index (χ1) is 18.1. The van der Waals surface area contributed by atoms with Crippen LogP contribution in [0.2, 0.25) is 5.02 Å². The standard InChI is InChI=1S/C30H35ClN4O3/c1-20-4-10-25(33-17-20)18-35-28(36)26-16-22(29(2,37)19-34-14-12-24(32)13-15-34)7-11-27(26)30(35,38-3)21-5-8-23(31)9-6-21/h4-11,16-17,24,37H,12-15,18-19,32H2,1-3H3/t29?,30-/m1/s1. The number of benzene rings is 2. The lowest BCUT2D eigenvalue weighted by Crippen LogP contribution is -2.46. The molecule has 0 bridgehead atoms. The second kappa shape index (κ2) is 10.4. The highest BCUT2D eigenvalue weighted by Crippen LogP contribution is 2.46. The Kier molecular flexibility index (Phi) is 7.33. The molecular weight excluding hydrogens is 500 g/mol. The first-order valence-electron chi connectivity index (χ1n) is 13.0. The van der Waals surface area contributed by atoms with Crippen molar-refractivity contribution in [3.63, 3.8) is 0 Å². The van der Waals surface area contributed by atoms with Crippen molar-refractivity contribution < 1.29 is 14.6 Å². The van der Waals surface area contributed by atoms with Crippen LogP contribution in [0, 0.1) is 6.92 Å². The van der Waals surface area contributed by atoms with Crippen molar-refractivity contribution in [3.05, 3.63) is 99.3 Å². The summed E-state index contributed by atoms with van der Waals surface area (Å²) in [6, 6.07) is 17.1. The summed E-state index contributed by atoms with van der Waals surface area (Å²) in [6.07, 6.45) is 3.62. The Hall–Kier alpha value is -2.81. The van der Waals surface area contributed by atoms with Gasteiger partial charge in [-0.1, -0.05) is 41.9 Å². The third kappa shape index (κ3) is 4.85. The highest BCUT2D eigenvalue weighted by atomic mass is 35.5. The number of hydrogen-bond donors (Lipinski definition) is 2. The molecule has 0 aliphatic carbocycles. The maximum absolute atomic E-state index is 14.1. The Balaban J connectivity index is 1.56. The summed E-state index contributed by atoms with van der Waals surface area (Å²) in [4.78, 5) is 22.6. The zero-order valence-corrected chi connectivity index (χ0v) is 22.9. The molecule has 1 amide bonds. The average molecular weight is 535 g/mol. The van der Waals surface area contributed by atoms with Gasteiger partial charge in [0.2, 0.25) is 0 Å². The molecule has 0 saturated carbocycles.